The van der Waals surface area contributed by atoms with Gasteiger partial charge in [-0.2, -0.15) is 8.42 Å². The molecule has 0 aliphatic carbocycles. The molecule has 5 rings (SSSR count). The van der Waals surface area contributed by atoms with Crippen molar-refractivity contribution in [1.29, 1.82) is 0 Å². The van der Waals surface area contributed by atoms with Crippen molar-refractivity contribution in [1.82, 2.24) is 4.90 Å². The van der Waals surface area contributed by atoms with Crippen molar-refractivity contribution < 1.29 is 30.8 Å². The van der Waals surface area contributed by atoms with Crippen LogP contribution in [0.1, 0.15) is 23.6 Å². The van der Waals surface area contributed by atoms with Crippen LogP contribution in [0.15, 0.2) is 82.1 Å². The zero-order chi connectivity index (χ0) is 27.9. The largest absolute Gasteiger partial charge is 0.341 e. The van der Waals surface area contributed by atoms with E-state index in [0.29, 0.717) is 5.56 Å². The van der Waals surface area contributed by atoms with Crippen LogP contribution in [0, 0.1) is 11.7 Å². The van der Waals surface area contributed by atoms with Crippen LogP contribution in [0.3, 0.4) is 0 Å². The van der Waals surface area contributed by atoms with Crippen LogP contribution in [0.4, 0.5) is 15.8 Å². The number of halogens is 1. The van der Waals surface area contributed by atoms with E-state index in [1.54, 1.807) is 24.3 Å². The Morgan fingerprint density at radius 1 is 1.05 bits per heavy atom. The molecule has 13 heteroatoms. The van der Waals surface area contributed by atoms with Crippen molar-refractivity contribution in [2.24, 2.45) is 10.3 Å². The molecule has 0 aromatic heterocycles. The first-order valence-electron chi connectivity index (χ1n) is 11.8. The van der Waals surface area contributed by atoms with Crippen molar-refractivity contribution in [2.75, 3.05) is 16.3 Å². The van der Waals surface area contributed by atoms with E-state index in [4.69, 9.17) is 0 Å². The standard InChI is InChI=1S/C26H23FN4O6S2/c1-38(34,35)29-19-11-12-20-23(13-19)39(36,37)30-25(28-20)24-22(32)14-21(17-5-3-2-4-6-17)31(26(24)33)15-16-7-9-18(27)10-8-16/h2-13,21,24,29H,14-15H2,1H3,(H,28,30)/t21-,24?/m1/s1. The lowest BCUT2D eigenvalue weighted by molar-refractivity contribution is -0.147. The fraction of sp³-hybridized carbons (Fsp3) is 0.192. The van der Waals surface area contributed by atoms with Crippen molar-refractivity contribution in [3.05, 3.63) is 89.7 Å². The summed E-state index contributed by atoms with van der Waals surface area (Å²) in [5, 5.41) is 2.80. The molecule has 3 aromatic rings. The molecule has 2 aliphatic heterocycles. The molecule has 10 nitrogen and oxygen atoms in total. The minimum absolute atomic E-state index is 0.0151. The minimum Gasteiger partial charge on any atom is -0.341 e. The molecular formula is C26H23FN4O6S2. The van der Waals surface area contributed by atoms with E-state index in [1.807, 2.05) is 6.07 Å². The van der Waals surface area contributed by atoms with E-state index in [1.165, 1.54) is 41.3 Å². The molecule has 2 aliphatic rings. The summed E-state index contributed by atoms with van der Waals surface area (Å²) in [6.07, 6.45) is 0.836. The van der Waals surface area contributed by atoms with E-state index >= 15 is 0 Å². The lowest BCUT2D eigenvalue weighted by Crippen LogP contribution is -2.52. The van der Waals surface area contributed by atoms with Gasteiger partial charge < -0.3 is 10.2 Å². The van der Waals surface area contributed by atoms with Crippen LogP contribution in [0.2, 0.25) is 0 Å². The van der Waals surface area contributed by atoms with Gasteiger partial charge in [-0.05, 0) is 41.5 Å². The Morgan fingerprint density at radius 3 is 2.41 bits per heavy atom. The number of amidine groups is 1. The maximum absolute atomic E-state index is 13.9. The minimum atomic E-state index is -4.39. The number of benzene rings is 3. The number of rotatable bonds is 6. The molecule has 1 unspecified atom stereocenters. The first-order valence-corrected chi connectivity index (χ1v) is 15.1. The van der Waals surface area contributed by atoms with Crippen molar-refractivity contribution in [3.63, 3.8) is 0 Å². The second-order valence-electron chi connectivity index (χ2n) is 9.28. The van der Waals surface area contributed by atoms with Gasteiger partial charge in [0.25, 0.3) is 10.0 Å². The molecule has 3 aromatic carbocycles. The van der Waals surface area contributed by atoms with Gasteiger partial charge in [-0.3, -0.25) is 14.3 Å². The summed E-state index contributed by atoms with van der Waals surface area (Å²) in [7, 11) is -8.05. The first kappa shape index (κ1) is 26.5. The highest BCUT2D eigenvalue weighted by molar-refractivity contribution is 7.92. The highest BCUT2D eigenvalue weighted by Gasteiger charge is 2.46. The molecular weight excluding hydrogens is 547 g/mol. The molecule has 0 bridgehead atoms. The maximum Gasteiger partial charge on any atom is 0.286 e. The fourth-order valence-electron chi connectivity index (χ4n) is 4.67. The first-order chi connectivity index (χ1) is 18.4. The topological polar surface area (TPSA) is 142 Å². The molecule has 2 N–H and O–H groups in total. The molecule has 1 saturated heterocycles. The number of hydrogen-bond donors (Lipinski definition) is 2. The normalized spacial score (nSPS) is 20.6. The number of amides is 1. The Labute approximate surface area is 224 Å². The predicted octanol–water partition coefficient (Wildman–Crippen LogP) is 3.07. The second kappa shape index (κ2) is 9.89. The molecule has 0 radical (unpaired) electrons. The van der Waals surface area contributed by atoms with E-state index in [9.17, 15) is 30.8 Å². The van der Waals surface area contributed by atoms with Crippen LogP contribution >= 0.6 is 0 Å². The number of likely N-dealkylation sites (tertiary alicyclic amines) is 1. The van der Waals surface area contributed by atoms with Crippen LogP contribution in [0.25, 0.3) is 0 Å². The second-order valence-corrected chi connectivity index (χ2v) is 12.6. The number of Topliss-reactive ketones (excluding diaryl/α,β-unsaturated/α-hetero) is 1. The number of ketones is 1. The number of sulfonamides is 2. The number of nitrogens with zero attached hydrogens (tertiary/aromatic N) is 2. The SMILES string of the molecule is CS(=O)(=O)Nc1ccc2c(c1)S(=O)(=O)N=C(C1C(=O)C[C@H](c3ccccc3)N(Cc3ccc(F)cc3)C1=O)N2. The summed E-state index contributed by atoms with van der Waals surface area (Å²) in [5.74, 6) is -3.44. The molecule has 2 atom stereocenters. The zero-order valence-corrected chi connectivity index (χ0v) is 22.2. The molecule has 39 heavy (non-hydrogen) atoms. The van der Waals surface area contributed by atoms with Gasteiger partial charge in [0.2, 0.25) is 15.9 Å². The zero-order valence-electron chi connectivity index (χ0n) is 20.5. The third kappa shape index (κ3) is 5.54. The predicted molar refractivity (Wildman–Crippen MR) is 142 cm³/mol. The molecule has 1 amide bonds. The van der Waals surface area contributed by atoms with Crippen molar-refractivity contribution >= 4 is 48.9 Å². The average Bonchev–Trinajstić information content (AvgIpc) is 2.86. The average molecular weight is 571 g/mol. The quantitative estimate of drug-likeness (QED) is 0.434. The van der Waals surface area contributed by atoms with Gasteiger partial charge in [-0.15, -0.1) is 4.40 Å². The van der Waals surface area contributed by atoms with E-state index < -0.39 is 49.5 Å². The monoisotopic (exact) mass is 570 g/mol. The van der Waals surface area contributed by atoms with Crippen LogP contribution in [-0.2, 0) is 36.2 Å². The molecule has 0 spiro atoms. The van der Waals surface area contributed by atoms with Gasteiger partial charge in [0.05, 0.1) is 18.0 Å². The molecule has 0 saturated carbocycles. The maximum atomic E-state index is 13.9. The Kier molecular flexibility index (Phi) is 6.72. The number of carbonyl (C=O) groups excluding carboxylic acids is 2. The van der Waals surface area contributed by atoms with Crippen LogP contribution in [-0.4, -0.2) is 45.5 Å². The van der Waals surface area contributed by atoms with Gasteiger partial charge in [-0.25, -0.2) is 12.8 Å². The molecule has 1 fully saturated rings. The number of carbonyl (C=O) groups is 2. The number of anilines is 2. The molecule has 202 valence electrons. The summed E-state index contributed by atoms with van der Waals surface area (Å²) in [6.45, 7) is 0.0552. The Bertz CT molecular complexity index is 1710. The third-order valence-electron chi connectivity index (χ3n) is 6.39. The number of piperidine rings is 1. The lowest BCUT2D eigenvalue weighted by atomic mass is 9.86. The Hall–Kier alpha value is -4.10. The summed E-state index contributed by atoms with van der Waals surface area (Å²) in [6, 6.07) is 17.8. The Morgan fingerprint density at radius 2 is 1.74 bits per heavy atom. The van der Waals surface area contributed by atoms with Gasteiger partial charge in [0.15, 0.2) is 11.7 Å². The lowest BCUT2D eigenvalue weighted by Gasteiger charge is -2.39. The van der Waals surface area contributed by atoms with E-state index in [-0.39, 0.29) is 35.1 Å². The number of fused-ring (bicyclic) bond motifs is 1. The van der Waals surface area contributed by atoms with Gasteiger partial charge in [0.1, 0.15) is 16.5 Å². The van der Waals surface area contributed by atoms with E-state index in [0.717, 1.165) is 17.9 Å². The third-order valence-corrected chi connectivity index (χ3v) is 8.33. The smallest absolute Gasteiger partial charge is 0.286 e. The van der Waals surface area contributed by atoms with Crippen LogP contribution < -0.4 is 10.0 Å². The number of nitrogens with one attached hydrogen (secondary N) is 2. The molecule has 2 heterocycles. The highest BCUT2D eigenvalue weighted by atomic mass is 32.2. The summed E-state index contributed by atoms with van der Waals surface area (Å²) in [4.78, 5) is 28.4. The summed E-state index contributed by atoms with van der Waals surface area (Å²) < 4.78 is 68.7. The van der Waals surface area contributed by atoms with Crippen LogP contribution in [0.5, 0.6) is 0 Å². The van der Waals surface area contributed by atoms with Gasteiger partial charge in [0, 0.05) is 18.7 Å². The fourth-order valence-corrected chi connectivity index (χ4v) is 6.41. The Balaban J connectivity index is 1.51. The van der Waals surface area contributed by atoms with Crippen molar-refractivity contribution in [2.45, 2.75) is 23.9 Å². The summed E-state index contributed by atoms with van der Waals surface area (Å²) in [5.41, 5.74) is 1.42. The highest BCUT2D eigenvalue weighted by Crippen LogP contribution is 2.37. The van der Waals surface area contributed by atoms with Gasteiger partial charge >= 0.3 is 0 Å². The van der Waals surface area contributed by atoms with Crippen molar-refractivity contribution in [3.8, 4) is 0 Å². The van der Waals surface area contributed by atoms with Gasteiger partial charge in [-0.1, -0.05) is 42.5 Å². The van der Waals surface area contributed by atoms with E-state index in [2.05, 4.69) is 14.4 Å². The summed E-state index contributed by atoms with van der Waals surface area (Å²) >= 11 is 0. The number of hydrogen-bond acceptors (Lipinski definition) is 7.